The molecule has 1 amide bonds. The minimum absolute atomic E-state index is 0.248. The van der Waals surface area contributed by atoms with Gasteiger partial charge in [0.2, 0.25) is 11.1 Å². The number of hydrogen-bond donors (Lipinski definition) is 2. The van der Waals surface area contributed by atoms with Crippen LogP contribution in [0.4, 0.5) is 16.0 Å². The average molecular weight is 592 g/mol. The number of thioether (sulfide) groups is 1. The molecule has 0 spiro atoms. The summed E-state index contributed by atoms with van der Waals surface area (Å²) in [6, 6.07) is 31.4. The molecule has 4 aromatic carbocycles. The Hall–Kier alpha value is -4.89. The Bertz CT molecular complexity index is 1770. The summed E-state index contributed by atoms with van der Waals surface area (Å²) < 4.78 is 22.0. The molecule has 216 valence electrons. The Balaban J connectivity index is 1.29. The lowest BCUT2D eigenvalue weighted by atomic mass is 9.95. The molecule has 0 saturated carbocycles. The SMILES string of the molecule is CC1=C(C(=O)Nc2ccccc2)C(c2ccc(OCc3ccc(C)cc3)cc2)n2nc(SCc3ccccc3F)nc2N1. The number of carbonyl (C=O) groups excluding carboxylic acids is 1. The first-order valence-electron chi connectivity index (χ1n) is 13.9. The minimum atomic E-state index is -0.554. The molecule has 1 aliphatic rings. The fraction of sp³-hybridized carbons (Fsp3) is 0.147. The van der Waals surface area contributed by atoms with Crippen molar-refractivity contribution in [1.82, 2.24) is 14.8 Å². The van der Waals surface area contributed by atoms with Crippen molar-refractivity contribution in [3.8, 4) is 5.75 Å². The molecule has 7 nitrogen and oxygen atoms in total. The lowest BCUT2D eigenvalue weighted by Gasteiger charge is -2.28. The van der Waals surface area contributed by atoms with Crippen molar-refractivity contribution in [1.29, 1.82) is 0 Å². The van der Waals surface area contributed by atoms with Gasteiger partial charge in [-0.1, -0.05) is 90.1 Å². The molecule has 0 radical (unpaired) electrons. The number of nitrogens with zero attached hydrogens (tertiary/aromatic N) is 3. The Morgan fingerprint density at radius 2 is 1.67 bits per heavy atom. The van der Waals surface area contributed by atoms with Gasteiger partial charge in [0.15, 0.2) is 0 Å². The summed E-state index contributed by atoms with van der Waals surface area (Å²) in [5.41, 5.74) is 5.58. The first kappa shape index (κ1) is 28.2. The Morgan fingerprint density at radius 3 is 2.42 bits per heavy atom. The van der Waals surface area contributed by atoms with E-state index in [-0.39, 0.29) is 11.7 Å². The van der Waals surface area contributed by atoms with Crippen LogP contribution < -0.4 is 15.4 Å². The maximum atomic E-state index is 14.2. The van der Waals surface area contributed by atoms with E-state index in [4.69, 9.17) is 9.84 Å². The number of halogens is 1. The van der Waals surface area contributed by atoms with E-state index in [0.29, 0.717) is 51.7 Å². The number of benzene rings is 4. The number of aromatic nitrogens is 3. The van der Waals surface area contributed by atoms with Crippen LogP contribution in [0.25, 0.3) is 0 Å². The molecule has 5 aromatic rings. The fourth-order valence-corrected chi connectivity index (χ4v) is 5.69. The number of anilines is 2. The van der Waals surface area contributed by atoms with Crippen molar-refractivity contribution in [2.75, 3.05) is 10.6 Å². The highest BCUT2D eigenvalue weighted by molar-refractivity contribution is 7.98. The van der Waals surface area contributed by atoms with Crippen molar-refractivity contribution in [2.24, 2.45) is 0 Å². The van der Waals surface area contributed by atoms with Crippen LogP contribution in [0.3, 0.4) is 0 Å². The second kappa shape index (κ2) is 12.5. The van der Waals surface area contributed by atoms with E-state index in [2.05, 4.69) is 46.8 Å². The number of ether oxygens (including phenoxy) is 1. The molecule has 9 heteroatoms. The van der Waals surface area contributed by atoms with Gasteiger partial charge in [-0.15, -0.1) is 5.10 Å². The highest BCUT2D eigenvalue weighted by Gasteiger charge is 2.34. The number of nitrogens with one attached hydrogen (secondary N) is 2. The predicted molar refractivity (Wildman–Crippen MR) is 167 cm³/mol. The molecule has 0 fully saturated rings. The van der Waals surface area contributed by atoms with Gasteiger partial charge in [0.25, 0.3) is 5.91 Å². The molecule has 2 heterocycles. The molecule has 0 bridgehead atoms. The molecular formula is C34H30FN5O2S. The quantitative estimate of drug-likeness (QED) is 0.173. The van der Waals surface area contributed by atoms with Gasteiger partial charge in [-0.2, -0.15) is 4.98 Å². The summed E-state index contributed by atoms with van der Waals surface area (Å²) in [4.78, 5) is 18.4. The number of allylic oxidation sites excluding steroid dienone is 1. The number of para-hydroxylation sites is 1. The summed E-state index contributed by atoms with van der Waals surface area (Å²) in [7, 11) is 0. The molecule has 1 aromatic heterocycles. The largest absolute Gasteiger partial charge is 0.489 e. The van der Waals surface area contributed by atoms with E-state index in [1.165, 1.54) is 23.4 Å². The first-order valence-corrected chi connectivity index (χ1v) is 14.9. The van der Waals surface area contributed by atoms with Gasteiger partial charge < -0.3 is 15.4 Å². The second-order valence-corrected chi connectivity index (χ2v) is 11.2. The van der Waals surface area contributed by atoms with Crippen LogP contribution >= 0.6 is 11.8 Å². The zero-order chi connectivity index (χ0) is 29.8. The maximum absolute atomic E-state index is 14.2. The van der Waals surface area contributed by atoms with Crippen LogP contribution in [-0.4, -0.2) is 20.7 Å². The molecule has 0 aliphatic carbocycles. The Labute approximate surface area is 253 Å². The molecule has 1 unspecified atom stereocenters. The normalized spacial score (nSPS) is 14.2. The molecule has 43 heavy (non-hydrogen) atoms. The van der Waals surface area contributed by atoms with Crippen molar-refractivity contribution >= 4 is 29.3 Å². The smallest absolute Gasteiger partial charge is 0.255 e. The first-order chi connectivity index (χ1) is 20.9. The van der Waals surface area contributed by atoms with E-state index in [0.717, 1.165) is 11.1 Å². The number of amides is 1. The zero-order valence-corrected chi connectivity index (χ0v) is 24.6. The molecule has 6 rings (SSSR count). The Morgan fingerprint density at radius 1 is 0.953 bits per heavy atom. The third kappa shape index (κ3) is 6.47. The summed E-state index contributed by atoms with van der Waals surface area (Å²) in [6.07, 6.45) is 0. The van der Waals surface area contributed by atoms with Crippen LogP contribution in [0.5, 0.6) is 5.75 Å². The zero-order valence-electron chi connectivity index (χ0n) is 23.8. The molecule has 1 atom stereocenters. The van der Waals surface area contributed by atoms with E-state index in [1.807, 2.05) is 61.5 Å². The van der Waals surface area contributed by atoms with Crippen molar-refractivity contribution in [2.45, 2.75) is 37.4 Å². The predicted octanol–water partition coefficient (Wildman–Crippen LogP) is 7.52. The lowest BCUT2D eigenvalue weighted by Crippen LogP contribution is -2.31. The number of rotatable bonds is 9. The summed E-state index contributed by atoms with van der Waals surface area (Å²) in [5.74, 6) is 1.09. The van der Waals surface area contributed by atoms with Gasteiger partial charge in [0, 0.05) is 17.1 Å². The molecule has 1 aliphatic heterocycles. The van der Waals surface area contributed by atoms with Crippen molar-refractivity contribution < 1.29 is 13.9 Å². The summed E-state index contributed by atoms with van der Waals surface area (Å²) >= 11 is 1.34. The van der Waals surface area contributed by atoms with E-state index < -0.39 is 6.04 Å². The third-order valence-corrected chi connectivity index (χ3v) is 8.03. The number of aryl methyl sites for hydroxylation is 1. The number of hydrogen-bond acceptors (Lipinski definition) is 6. The lowest BCUT2D eigenvalue weighted by molar-refractivity contribution is -0.113. The molecule has 2 N–H and O–H groups in total. The molecular weight excluding hydrogens is 561 g/mol. The topological polar surface area (TPSA) is 81.1 Å². The number of carbonyl (C=O) groups is 1. The van der Waals surface area contributed by atoms with Gasteiger partial charge in [-0.3, -0.25) is 4.79 Å². The van der Waals surface area contributed by atoms with Gasteiger partial charge in [0.05, 0.1) is 5.57 Å². The van der Waals surface area contributed by atoms with Crippen LogP contribution in [0, 0.1) is 12.7 Å². The van der Waals surface area contributed by atoms with Gasteiger partial charge in [0.1, 0.15) is 24.2 Å². The van der Waals surface area contributed by atoms with Crippen molar-refractivity contribution in [3.05, 3.63) is 142 Å². The second-order valence-electron chi connectivity index (χ2n) is 10.3. The minimum Gasteiger partial charge on any atom is -0.489 e. The monoisotopic (exact) mass is 591 g/mol. The molecule has 0 saturated heterocycles. The van der Waals surface area contributed by atoms with E-state index in [1.54, 1.807) is 22.9 Å². The van der Waals surface area contributed by atoms with Gasteiger partial charge >= 0.3 is 0 Å². The standard InChI is InChI=1S/C34H30FN5O2S/c1-22-12-14-24(15-13-22)20-42-28-18-16-25(17-19-28)31-30(32(41)37-27-9-4-3-5-10-27)23(2)36-33-38-34(39-40(31)33)43-21-26-8-6-7-11-29(26)35/h3-19,31H,20-21H2,1-2H3,(H,37,41)(H,36,38,39). The van der Waals surface area contributed by atoms with Crippen LogP contribution in [0.15, 0.2) is 120 Å². The van der Waals surface area contributed by atoms with Crippen molar-refractivity contribution in [3.63, 3.8) is 0 Å². The van der Waals surface area contributed by atoms with Gasteiger partial charge in [-0.05, 0) is 60.9 Å². The third-order valence-electron chi connectivity index (χ3n) is 7.15. The number of fused-ring (bicyclic) bond motifs is 1. The van der Waals surface area contributed by atoms with E-state index >= 15 is 0 Å². The summed E-state index contributed by atoms with van der Waals surface area (Å²) in [5, 5.41) is 11.5. The maximum Gasteiger partial charge on any atom is 0.255 e. The average Bonchev–Trinajstić information content (AvgIpc) is 3.43. The van der Waals surface area contributed by atoms with E-state index in [9.17, 15) is 9.18 Å². The Kier molecular flexibility index (Phi) is 8.24. The summed E-state index contributed by atoms with van der Waals surface area (Å²) in [6.45, 7) is 4.36. The highest BCUT2D eigenvalue weighted by Crippen LogP contribution is 2.37. The highest BCUT2D eigenvalue weighted by atomic mass is 32.2. The van der Waals surface area contributed by atoms with Gasteiger partial charge in [-0.25, -0.2) is 9.07 Å². The van der Waals surface area contributed by atoms with Crippen LogP contribution in [0.2, 0.25) is 0 Å². The van der Waals surface area contributed by atoms with Crippen LogP contribution in [0.1, 0.15) is 35.2 Å². The van der Waals surface area contributed by atoms with Crippen LogP contribution in [-0.2, 0) is 17.2 Å². The fourth-order valence-electron chi connectivity index (χ4n) is 4.87.